The fourth-order valence-corrected chi connectivity index (χ4v) is 3.72. The van der Waals surface area contributed by atoms with Gasteiger partial charge in [0, 0.05) is 10.7 Å². The molecule has 0 fully saturated rings. The summed E-state index contributed by atoms with van der Waals surface area (Å²) in [4.78, 5) is 12.5. The van der Waals surface area contributed by atoms with E-state index in [0.29, 0.717) is 22.1 Å². The van der Waals surface area contributed by atoms with E-state index in [9.17, 15) is 13.2 Å². The van der Waals surface area contributed by atoms with Crippen LogP contribution in [-0.2, 0) is 14.8 Å². The number of benzene rings is 2. The average Bonchev–Trinajstić information content (AvgIpc) is 2.54. The van der Waals surface area contributed by atoms with Crippen LogP contribution in [0.15, 0.2) is 48.5 Å². The minimum absolute atomic E-state index is 0.372. The Morgan fingerprint density at radius 1 is 1.20 bits per heavy atom. The molecule has 134 valence electrons. The number of rotatable bonds is 6. The molecule has 0 aliphatic carbocycles. The van der Waals surface area contributed by atoms with Crippen molar-refractivity contribution in [2.75, 3.05) is 23.0 Å². The summed E-state index contributed by atoms with van der Waals surface area (Å²) in [5.41, 5.74) is 0.865. The summed E-state index contributed by atoms with van der Waals surface area (Å²) in [5.74, 6) is 0.122. The van der Waals surface area contributed by atoms with Gasteiger partial charge in [-0.15, -0.1) is 0 Å². The zero-order chi connectivity index (χ0) is 18.6. The van der Waals surface area contributed by atoms with Crippen LogP contribution in [0, 0.1) is 0 Å². The largest absolute Gasteiger partial charge is 0.497 e. The molecule has 8 heteroatoms. The number of nitrogens with zero attached hydrogens (tertiary/aromatic N) is 1. The van der Waals surface area contributed by atoms with Gasteiger partial charge >= 0.3 is 0 Å². The molecule has 6 nitrogen and oxygen atoms in total. The summed E-state index contributed by atoms with van der Waals surface area (Å²) in [5, 5.41) is 3.15. The van der Waals surface area contributed by atoms with E-state index in [2.05, 4.69) is 5.32 Å². The van der Waals surface area contributed by atoms with Crippen molar-refractivity contribution in [3.05, 3.63) is 53.6 Å². The van der Waals surface area contributed by atoms with Crippen LogP contribution in [0.4, 0.5) is 11.4 Å². The van der Waals surface area contributed by atoms with Crippen LogP contribution >= 0.6 is 11.6 Å². The molecule has 0 heterocycles. The van der Waals surface area contributed by atoms with Gasteiger partial charge in [-0.05, 0) is 49.4 Å². The van der Waals surface area contributed by atoms with Crippen molar-refractivity contribution in [2.45, 2.75) is 13.0 Å². The number of methoxy groups -OCH3 is 1. The molecule has 0 aliphatic rings. The lowest BCUT2D eigenvalue weighted by Crippen LogP contribution is -2.45. The first-order chi connectivity index (χ1) is 11.7. The van der Waals surface area contributed by atoms with Gasteiger partial charge in [0.25, 0.3) is 0 Å². The zero-order valence-electron chi connectivity index (χ0n) is 14.1. The van der Waals surface area contributed by atoms with E-state index >= 15 is 0 Å². The molecule has 0 aromatic heterocycles. The quantitative estimate of drug-likeness (QED) is 0.832. The predicted molar refractivity (Wildman–Crippen MR) is 99.9 cm³/mol. The molecule has 2 rings (SSSR count). The molecule has 1 unspecified atom stereocenters. The number of anilines is 2. The molecule has 1 amide bonds. The highest BCUT2D eigenvalue weighted by Crippen LogP contribution is 2.24. The molecule has 1 atom stereocenters. The summed E-state index contributed by atoms with van der Waals surface area (Å²) >= 11 is 5.90. The Kier molecular flexibility index (Phi) is 5.92. The second-order valence-corrected chi connectivity index (χ2v) is 7.73. The molecule has 0 radical (unpaired) electrons. The SMILES string of the molecule is COc1ccc(N(C(C)C(=O)Nc2cccc(Cl)c2)S(C)(=O)=O)cc1. The molecule has 0 aliphatic heterocycles. The third kappa shape index (κ3) is 4.87. The smallest absolute Gasteiger partial charge is 0.247 e. The number of carbonyl (C=O) groups is 1. The third-order valence-corrected chi connectivity index (χ3v) is 4.98. The summed E-state index contributed by atoms with van der Waals surface area (Å²) < 4.78 is 30.6. The van der Waals surface area contributed by atoms with Crippen LogP contribution in [-0.4, -0.2) is 33.7 Å². The number of nitrogens with one attached hydrogen (secondary N) is 1. The van der Waals surface area contributed by atoms with E-state index in [0.717, 1.165) is 10.6 Å². The second-order valence-electron chi connectivity index (χ2n) is 5.43. The zero-order valence-corrected chi connectivity index (χ0v) is 15.6. The number of amides is 1. The number of carbonyl (C=O) groups excluding carboxylic acids is 1. The maximum absolute atomic E-state index is 12.5. The van der Waals surface area contributed by atoms with Crippen molar-refractivity contribution in [1.82, 2.24) is 0 Å². The number of hydrogen-bond donors (Lipinski definition) is 1. The topological polar surface area (TPSA) is 75.7 Å². The summed E-state index contributed by atoms with van der Waals surface area (Å²) in [7, 11) is -2.16. The van der Waals surface area contributed by atoms with Crippen LogP contribution in [0.5, 0.6) is 5.75 Å². The minimum atomic E-state index is -3.68. The first kappa shape index (κ1) is 19.1. The fraction of sp³-hybridized carbons (Fsp3) is 0.235. The van der Waals surface area contributed by atoms with E-state index in [1.807, 2.05) is 0 Å². The van der Waals surface area contributed by atoms with Gasteiger partial charge in [-0.1, -0.05) is 17.7 Å². The van der Waals surface area contributed by atoms with Gasteiger partial charge in [0.1, 0.15) is 11.8 Å². The maximum atomic E-state index is 12.5. The third-order valence-electron chi connectivity index (χ3n) is 3.51. The van der Waals surface area contributed by atoms with Crippen molar-refractivity contribution >= 4 is 38.9 Å². The van der Waals surface area contributed by atoms with Gasteiger partial charge in [0.05, 0.1) is 19.1 Å². The van der Waals surface area contributed by atoms with Crippen molar-refractivity contribution in [3.8, 4) is 5.75 Å². The average molecular weight is 383 g/mol. The van der Waals surface area contributed by atoms with Crippen molar-refractivity contribution in [1.29, 1.82) is 0 Å². The van der Waals surface area contributed by atoms with Crippen LogP contribution in [0.1, 0.15) is 6.92 Å². The number of hydrogen-bond acceptors (Lipinski definition) is 4. The van der Waals surface area contributed by atoms with E-state index < -0.39 is 22.0 Å². The number of ether oxygens (including phenoxy) is 1. The van der Waals surface area contributed by atoms with E-state index in [-0.39, 0.29) is 0 Å². The highest BCUT2D eigenvalue weighted by molar-refractivity contribution is 7.92. The molecule has 0 spiro atoms. The van der Waals surface area contributed by atoms with E-state index in [1.165, 1.54) is 14.0 Å². The summed E-state index contributed by atoms with van der Waals surface area (Å²) in [6, 6.07) is 12.1. The Labute approximate surface area is 152 Å². The molecule has 0 bridgehead atoms. The molecule has 25 heavy (non-hydrogen) atoms. The summed E-state index contributed by atoms with van der Waals surface area (Å²) in [6.07, 6.45) is 1.06. The molecule has 1 N–H and O–H groups in total. The molecule has 0 saturated heterocycles. The number of sulfonamides is 1. The van der Waals surface area contributed by atoms with Crippen molar-refractivity contribution < 1.29 is 17.9 Å². The second kappa shape index (κ2) is 7.76. The Bertz CT molecular complexity index is 853. The highest BCUT2D eigenvalue weighted by atomic mass is 35.5. The van der Waals surface area contributed by atoms with Crippen LogP contribution in [0.2, 0.25) is 5.02 Å². The maximum Gasteiger partial charge on any atom is 0.247 e. The lowest BCUT2D eigenvalue weighted by Gasteiger charge is -2.28. The fourth-order valence-electron chi connectivity index (χ4n) is 2.35. The van der Waals surface area contributed by atoms with Gasteiger partial charge in [0.15, 0.2) is 0 Å². The van der Waals surface area contributed by atoms with Crippen LogP contribution in [0.25, 0.3) is 0 Å². The van der Waals surface area contributed by atoms with Crippen molar-refractivity contribution in [2.24, 2.45) is 0 Å². The number of halogens is 1. The normalized spacial score (nSPS) is 12.3. The lowest BCUT2D eigenvalue weighted by atomic mass is 10.2. The van der Waals surface area contributed by atoms with E-state index in [1.54, 1.807) is 48.5 Å². The Morgan fingerprint density at radius 2 is 1.84 bits per heavy atom. The van der Waals surface area contributed by atoms with Crippen LogP contribution in [0.3, 0.4) is 0 Å². The first-order valence-corrected chi connectivity index (χ1v) is 9.65. The Morgan fingerprint density at radius 3 is 2.36 bits per heavy atom. The monoisotopic (exact) mass is 382 g/mol. The van der Waals surface area contributed by atoms with Gasteiger partial charge in [-0.25, -0.2) is 8.42 Å². The van der Waals surface area contributed by atoms with Gasteiger partial charge in [-0.3, -0.25) is 9.10 Å². The van der Waals surface area contributed by atoms with Crippen LogP contribution < -0.4 is 14.4 Å². The van der Waals surface area contributed by atoms with Crippen molar-refractivity contribution in [3.63, 3.8) is 0 Å². The van der Waals surface area contributed by atoms with Gasteiger partial charge in [0.2, 0.25) is 15.9 Å². The molecular formula is C17H19ClN2O4S. The van der Waals surface area contributed by atoms with E-state index in [4.69, 9.17) is 16.3 Å². The molecular weight excluding hydrogens is 364 g/mol. The first-order valence-electron chi connectivity index (χ1n) is 7.42. The predicted octanol–water partition coefficient (Wildman–Crippen LogP) is 3.14. The molecule has 0 saturated carbocycles. The molecule has 2 aromatic carbocycles. The Balaban J connectivity index is 2.29. The molecule has 2 aromatic rings. The Hall–Kier alpha value is -2.25. The summed E-state index contributed by atoms with van der Waals surface area (Å²) in [6.45, 7) is 1.52. The highest BCUT2D eigenvalue weighted by Gasteiger charge is 2.29. The standard InChI is InChI=1S/C17H19ClN2O4S/c1-12(17(21)19-14-6-4-5-13(18)11-14)20(25(3,22)23)15-7-9-16(24-2)10-8-15/h4-12H,1-3H3,(H,19,21). The lowest BCUT2D eigenvalue weighted by molar-refractivity contribution is -0.116. The van der Waals surface area contributed by atoms with Gasteiger partial charge < -0.3 is 10.1 Å². The minimum Gasteiger partial charge on any atom is -0.497 e. The van der Waals surface area contributed by atoms with Gasteiger partial charge in [-0.2, -0.15) is 0 Å².